The van der Waals surface area contributed by atoms with E-state index in [1.54, 1.807) is 4.68 Å². The van der Waals surface area contributed by atoms with Crippen molar-refractivity contribution in [3.05, 3.63) is 106 Å². The van der Waals surface area contributed by atoms with Crippen LogP contribution in [0.15, 0.2) is 66.7 Å². The van der Waals surface area contributed by atoms with Gasteiger partial charge in [0.2, 0.25) is 23.6 Å². The van der Waals surface area contributed by atoms with Crippen molar-refractivity contribution in [2.24, 2.45) is 12.8 Å². The van der Waals surface area contributed by atoms with E-state index < -0.39 is 35.0 Å². The van der Waals surface area contributed by atoms with Gasteiger partial charge in [0, 0.05) is 86.2 Å². The van der Waals surface area contributed by atoms with Crippen molar-refractivity contribution in [1.29, 1.82) is 0 Å². The van der Waals surface area contributed by atoms with Crippen molar-refractivity contribution >= 4 is 51.8 Å². The lowest BCUT2D eigenvalue weighted by molar-refractivity contribution is -0.134. The van der Waals surface area contributed by atoms with Gasteiger partial charge >= 0.3 is 0 Å². The monoisotopic (exact) mass is 923 g/mol. The fourth-order valence-electron chi connectivity index (χ4n) is 10.0. The Bertz CT molecular complexity index is 2650. The predicted octanol–water partition coefficient (Wildman–Crippen LogP) is 8.22. The van der Waals surface area contributed by atoms with Crippen LogP contribution in [-0.2, 0) is 27.0 Å². The van der Waals surface area contributed by atoms with Gasteiger partial charge in [-0.2, -0.15) is 5.10 Å². The van der Waals surface area contributed by atoms with Gasteiger partial charge in [-0.1, -0.05) is 80.3 Å². The van der Waals surface area contributed by atoms with Gasteiger partial charge in [0.05, 0.1) is 40.5 Å². The summed E-state index contributed by atoms with van der Waals surface area (Å²) in [7, 11) is 3.17. The molecule has 13 nitrogen and oxygen atoms in total. The number of unbranched alkanes of at least 4 members (excludes halogenated alkanes) is 4. The van der Waals surface area contributed by atoms with Crippen molar-refractivity contribution in [1.82, 2.24) is 25.3 Å². The Kier molecular flexibility index (Phi) is 13.9. The zero-order chi connectivity index (χ0) is 46.7. The van der Waals surface area contributed by atoms with Gasteiger partial charge in [-0.3, -0.25) is 29.2 Å². The normalized spacial score (nSPS) is 19.7. The van der Waals surface area contributed by atoms with E-state index in [1.807, 2.05) is 67.4 Å². The van der Waals surface area contributed by atoms with E-state index in [-0.39, 0.29) is 57.0 Å². The van der Waals surface area contributed by atoms with Gasteiger partial charge in [-0.15, -0.1) is 0 Å². The number of nitrogens with zero attached hydrogens (tertiary/aromatic N) is 3. The summed E-state index contributed by atoms with van der Waals surface area (Å²) in [6.07, 6.45) is 7.52. The molecule has 4 heterocycles. The first-order valence-corrected chi connectivity index (χ1v) is 23.2. The molecule has 16 heteroatoms. The number of methoxy groups -OCH3 is 1. The number of hydrogen-bond donors (Lipinski definition) is 4. The highest BCUT2D eigenvalue weighted by atomic mass is 35.5. The molecule has 2 fully saturated rings. The van der Waals surface area contributed by atoms with Crippen molar-refractivity contribution < 1.29 is 37.4 Å². The van der Waals surface area contributed by atoms with E-state index in [0.717, 1.165) is 73.6 Å². The summed E-state index contributed by atoms with van der Waals surface area (Å²) in [4.78, 5) is 52.1. The number of fused-ring (bicyclic) bond motifs is 2. The van der Waals surface area contributed by atoms with E-state index in [1.165, 1.54) is 25.3 Å². The largest absolute Gasteiger partial charge is 0.494 e. The summed E-state index contributed by atoms with van der Waals surface area (Å²) in [5.41, 5.74) is 8.06. The van der Waals surface area contributed by atoms with Crippen molar-refractivity contribution in [3.8, 4) is 22.6 Å². The van der Waals surface area contributed by atoms with Crippen LogP contribution in [0.25, 0.3) is 22.0 Å². The average Bonchev–Trinajstić information content (AvgIpc) is 3.80. The minimum atomic E-state index is -1.07. The fourth-order valence-corrected chi connectivity index (χ4v) is 10.3. The standard InChI is InChI=1S/C50H56ClF2N7O6/c1-29-41-38(27-35(52)44(51)43(41)42-32(48(54)63)18-20-37(65-3)45(42)53)66-50(29,30-13-8-7-9-14-30)28-56-31-22-25-60(26-23-31)40(62)17-10-5-4-6-11-24-55-36-16-12-15-33-46(58-59(2)47(33)36)34-19-21-39(61)57-49(34)64/h7-9,12-16,18,20,27,29,31,34,55-56H,4-6,10-11,17,19,21-26,28H2,1-3H3,(H2,54,63)(H,57,61,64)/t29-,34?,50-/m0/s1. The maximum absolute atomic E-state index is 16.2. The molecule has 1 unspecified atom stereocenters. The molecule has 3 atom stereocenters. The van der Waals surface area contributed by atoms with E-state index in [9.17, 15) is 19.2 Å². The zero-order valence-electron chi connectivity index (χ0n) is 37.5. The smallest absolute Gasteiger partial charge is 0.249 e. The number of aromatic nitrogens is 2. The Morgan fingerprint density at radius 2 is 1.73 bits per heavy atom. The maximum atomic E-state index is 16.2. The third-order valence-corrected chi connectivity index (χ3v) is 14.0. The second kappa shape index (κ2) is 19.8. The SMILES string of the molecule is COc1ccc(C(N)=O)c(-c2c(Cl)c(F)cc3c2[C@H](C)[C@@](CNC2CCN(C(=O)CCCCCCCNc4cccc5c(C6CCC(=O)NC6=O)nn(C)c45)CC2)(c2ccccc2)O3)c1F. The molecule has 66 heavy (non-hydrogen) atoms. The molecular weight excluding hydrogens is 868 g/mol. The van der Waals surface area contributed by atoms with Crippen LogP contribution in [0.4, 0.5) is 14.5 Å². The molecule has 0 spiro atoms. The van der Waals surface area contributed by atoms with Crippen LogP contribution in [0.1, 0.15) is 110 Å². The number of imide groups is 1. The molecule has 3 aliphatic rings. The number of rotatable bonds is 17. The third-order valence-electron chi connectivity index (χ3n) is 13.6. The number of amides is 4. The number of benzene rings is 4. The molecular formula is C50H56ClF2N7O6. The second-order valence-electron chi connectivity index (χ2n) is 17.6. The third kappa shape index (κ3) is 9.07. The minimum Gasteiger partial charge on any atom is -0.494 e. The predicted molar refractivity (Wildman–Crippen MR) is 249 cm³/mol. The molecule has 0 aliphatic carbocycles. The number of aryl methyl sites for hydroxylation is 1. The first-order valence-electron chi connectivity index (χ1n) is 22.8. The lowest BCUT2D eigenvalue weighted by atomic mass is 9.77. The molecule has 8 rings (SSSR count). The molecule has 1 aromatic heterocycles. The van der Waals surface area contributed by atoms with E-state index in [0.29, 0.717) is 50.2 Å². The van der Waals surface area contributed by atoms with Gasteiger partial charge in [0.1, 0.15) is 11.6 Å². The number of primary amides is 1. The van der Waals surface area contributed by atoms with Crippen LogP contribution >= 0.6 is 11.6 Å². The van der Waals surface area contributed by atoms with Crippen LogP contribution in [0.2, 0.25) is 5.02 Å². The van der Waals surface area contributed by atoms with Crippen LogP contribution < -0.4 is 31.2 Å². The Morgan fingerprint density at radius 1 is 0.985 bits per heavy atom. The van der Waals surface area contributed by atoms with Gasteiger partial charge in [0.15, 0.2) is 17.2 Å². The van der Waals surface area contributed by atoms with E-state index in [4.69, 9.17) is 26.8 Å². The average molecular weight is 924 g/mol. The van der Waals surface area contributed by atoms with E-state index >= 15 is 8.78 Å². The van der Waals surface area contributed by atoms with Gasteiger partial charge in [0.25, 0.3) is 0 Å². The summed E-state index contributed by atoms with van der Waals surface area (Å²) >= 11 is 6.67. The first-order chi connectivity index (χ1) is 31.8. The number of hydrogen-bond acceptors (Lipinski definition) is 9. The number of nitrogens with two attached hydrogens (primary N) is 1. The number of halogens is 3. The molecule has 5 aromatic rings. The van der Waals surface area contributed by atoms with Crippen LogP contribution in [-0.4, -0.2) is 77.6 Å². The van der Waals surface area contributed by atoms with Gasteiger partial charge < -0.3 is 30.7 Å². The minimum absolute atomic E-state index is 0.00884. The van der Waals surface area contributed by atoms with Crippen molar-refractivity contribution in [3.63, 3.8) is 0 Å². The molecule has 4 amide bonds. The van der Waals surface area contributed by atoms with Crippen LogP contribution in [0.5, 0.6) is 11.5 Å². The Labute approximate surface area is 387 Å². The van der Waals surface area contributed by atoms with Crippen LogP contribution in [0, 0.1) is 11.6 Å². The lowest BCUT2D eigenvalue weighted by Crippen LogP contribution is -2.50. The fraction of sp³-hybridized carbons (Fsp3) is 0.420. The second-order valence-corrected chi connectivity index (χ2v) is 18.0. The number of para-hydroxylation sites is 1. The highest BCUT2D eigenvalue weighted by molar-refractivity contribution is 6.34. The molecule has 0 saturated carbocycles. The van der Waals surface area contributed by atoms with Crippen molar-refractivity contribution in [2.75, 3.05) is 38.6 Å². The molecule has 3 aliphatic heterocycles. The number of carbonyl (C=O) groups is 4. The van der Waals surface area contributed by atoms with E-state index in [2.05, 4.69) is 21.0 Å². The molecule has 0 radical (unpaired) electrons. The maximum Gasteiger partial charge on any atom is 0.249 e. The summed E-state index contributed by atoms with van der Waals surface area (Å²) in [6.45, 7) is 4.25. The topological polar surface area (TPSA) is 170 Å². The number of ether oxygens (including phenoxy) is 2. The zero-order valence-corrected chi connectivity index (χ0v) is 38.2. The molecule has 5 N–H and O–H groups in total. The Hall–Kier alpha value is -6.06. The lowest BCUT2D eigenvalue weighted by Gasteiger charge is -2.38. The summed E-state index contributed by atoms with van der Waals surface area (Å²) in [5.74, 6) is -3.95. The molecule has 4 aromatic carbocycles. The van der Waals surface area contributed by atoms with Gasteiger partial charge in [-0.25, -0.2) is 8.78 Å². The Balaban J connectivity index is 0.825. The highest BCUT2D eigenvalue weighted by Crippen LogP contribution is 2.56. The van der Waals surface area contributed by atoms with Crippen molar-refractivity contribution in [2.45, 2.75) is 94.6 Å². The quantitative estimate of drug-likeness (QED) is 0.0530. The van der Waals surface area contributed by atoms with Gasteiger partial charge in [-0.05, 0) is 55.9 Å². The molecule has 0 bridgehead atoms. The number of carbonyl (C=O) groups excluding carboxylic acids is 4. The summed E-state index contributed by atoms with van der Waals surface area (Å²) in [6, 6.07) is 19.4. The Morgan fingerprint density at radius 3 is 2.45 bits per heavy atom. The highest BCUT2D eigenvalue weighted by Gasteiger charge is 2.50. The molecule has 348 valence electrons. The molecule has 2 saturated heterocycles. The summed E-state index contributed by atoms with van der Waals surface area (Å²) < 4.78 is 45.7. The number of piperidine rings is 2. The number of nitrogens with one attached hydrogen (secondary N) is 3. The number of likely N-dealkylation sites (tertiary alicyclic amines) is 1. The first kappa shape index (κ1) is 46.5. The van der Waals surface area contributed by atoms with Crippen LogP contribution in [0.3, 0.4) is 0 Å². The number of anilines is 1. The summed E-state index contributed by atoms with van der Waals surface area (Å²) in [5, 5.41) is 14.9.